The molecule has 0 bridgehead atoms. The van der Waals surface area contributed by atoms with Gasteiger partial charge in [0.2, 0.25) is 17.6 Å². The van der Waals surface area contributed by atoms with Gasteiger partial charge in [-0.1, -0.05) is 17.3 Å². The molecule has 1 aromatic heterocycles. The first-order chi connectivity index (χ1) is 17.6. The number of carbonyl (C=O) groups excluding carboxylic acids is 2. The first-order valence-electron chi connectivity index (χ1n) is 12.1. The Balaban J connectivity index is 1.14. The molecule has 188 valence electrons. The normalized spacial score (nSPS) is 17.2. The highest BCUT2D eigenvalue weighted by molar-refractivity contribution is 6.04. The smallest absolute Gasteiger partial charge is 0.256 e. The summed E-state index contributed by atoms with van der Waals surface area (Å²) in [5.41, 5.74) is 1.73. The number of likely N-dealkylation sites (tertiary alicyclic amines) is 1. The number of hydrogen-bond donors (Lipinski definition) is 1. The van der Waals surface area contributed by atoms with Crippen LogP contribution in [0, 0.1) is 11.7 Å². The lowest BCUT2D eigenvalue weighted by Gasteiger charge is -2.30. The maximum atomic E-state index is 13.1. The molecule has 0 radical (unpaired) electrons. The van der Waals surface area contributed by atoms with E-state index in [4.69, 9.17) is 9.26 Å². The third-order valence-electron chi connectivity index (χ3n) is 6.60. The number of ether oxygens (including phenoxy) is 1. The van der Waals surface area contributed by atoms with E-state index in [0.717, 1.165) is 0 Å². The number of amides is 2. The number of benzene rings is 2. The fourth-order valence-electron chi connectivity index (χ4n) is 4.53. The zero-order chi connectivity index (χ0) is 24.9. The van der Waals surface area contributed by atoms with E-state index >= 15 is 0 Å². The summed E-state index contributed by atoms with van der Waals surface area (Å²) in [5, 5.41) is 6.98. The van der Waals surface area contributed by atoms with Crippen molar-refractivity contribution in [1.29, 1.82) is 0 Å². The number of nitrogens with zero attached hydrogens (tertiary/aromatic N) is 4. The van der Waals surface area contributed by atoms with Gasteiger partial charge in [-0.15, -0.1) is 0 Å². The quantitative estimate of drug-likeness (QED) is 0.563. The van der Waals surface area contributed by atoms with E-state index < -0.39 is 0 Å². The standard InChI is InChI=1S/C26H28FN5O4/c27-20-7-5-18(6-8-20)24-29-23(36-30-24)17-31-11-9-19(10-12-31)25(33)28-22-4-2-1-3-21(22)26(34)32-13-15-35-16-14-32/h1-8,19H,9-17H2,(H,28,33). The maximum absolute atomic E-state index is 13.1. The third-order valence-corrected chi connectivity index (χ3v) is 6.60. The average molecular weight is 494 g/mol. The first-order valence-corrected chi connectivity index (χ1v) is 12.1. The lowest BCUT2D eigenvalue weighted by Crippen LogP contribution is -2.41. The van der Waals surface area contributed by atoms with Crippen molar-refractivity contribution in [3.63, 3.8) is 0 Å². The van der Waals surface area contributed by atoms with E-state index in [1.54, 1.807) is 35.2 Å². The predicted molar refractivity (Wildman–Crippen MR) is 129 cm³/mol. The number of para-hydroxylation sites is 1. The molecule has 2 amide bonds. The molecule has 10 heteroatoms. The Morgan fingerprint density at radius 3 is 2.47 bits per heavy atom. The van der Waals surface area contributed by atoms with Crippen molar-refractivity contribution < 1.29 is 23.2 Å². The van der Waals surface area contributed by atoms with Crippen LogP contribution >= 0.6 is 0 Å². The summed E-state index contributed by atoms with van der Waals surface area (Å²) >= 11 is 0. The molecule has 0 spiro atoms. The van der Waals surface area contributed by atoms with Crippen LogP contribution in [-0.2, 0) is 16.1 Å². The van der Waals surface area contributed by atoms with Crippen LogP contribution in [0.1, 0.15) is 29.1 Å². The molecule has 36 heavy (non-hydrogen) atoms. The summed E-state index contributed by atoms with van der Waals surface area (Å²) in [7, 11) is 0. The molecule has 3 aromatic rings. The van der Waals surface area contributed by atoms with Gasteiger partial charge >= 0.3 is 0 Å². The Labute approximate surface area is 208 Å². The Morgan fingerprint density at radius 2 is 1.72 bits per heavy atom. The third kappa shape index (κ3) is 5.60. The molecule has 2 aliphatic rings. The van der Waals surface area contributed by atoms with Crippen LogP contribution in [0.3, 0.4) is 0 Å². The van der Waals surface area contributed by atoms with Crippen molar-refractivity contribution in [3.8, 4) is 11.4 Å². The number of aromatic nitrogens is 2. The van der Waals surface area contributed by atoms with Crippen LogP contribution in [0.2, 0.25) is 0 Å². The first kappa shape index (κ1) is 24.1. The van der Waals surface area contributed by atoms with Crippen molar-refractivity contribution >= 4 is 17.5 Å². The van der Waals surface area contributed by atoms with Gasteiger partial charge in [0.1, 0.15) is 5.82 Å². The van der Waals surface area contributed by atoms with E-state index in [1.165, 1.54) is 12.1 Å². The molecule has 5 rings (SSSR count). The summed E-state index contributed by atoms with van der Waals surface area (Å²) in [6, 6.07) is 13.1. The SMILES string of the molecule is O=C(Nc1ccccc1C(=O)N1CCOCC1)C1CCN(Cc2nc(-c3ccc(F)cc3)no2)CC1. The highest BCUT2D eigenvalue weighted by atomic mass is 19.1. The number of carbonyl (C=O) groups is 2. The van der Waals surface area contributed by atoms with E-state index in [9.17, 15) is 14.0 Å². The maximum Gasteiger partial charge on any atom is 0.256 e. The molecule has 0 saturated carbocycles. The number of piperidine rings is 1. The summed E-state index contributed by atoms with van der Waals surface area (Å²) in [6.07, 6.45) is 1.37. The zero-order valence-corrected chi connectivity index (χ0v) is 19.9. The van der Waals surface area contributed by atoms with Crippen molar-refractivity contribution in [2.24, 2.45) is 5.92 Å². The van der Waals surface area contributed by atoms with E-state index in [2.05, 4.69) is 20.4 Å². The van der Waals surface area contributed by atoms with Gasteiger partial charge in [0.05, 0.1) is 31.0 Å². The summed E-state index contributed by atoms with van der Waals surface area (Å²) in [4.78, 5) is 34.3. The zero-order valence-electron chi connectivity index (χ0n) is 19.9. The molecule has 2 fully saturated rings. The minimum absolute atomic E-state index is 0.0757. The van der Waals surface area contributed by atoms with Crippen LogP contribution in [0.4, 0.5) is 10.1 Å². The molecule has 3 heterocycles. The highest BCUT2D eigenvalue weighted by Crippen LogP contribution is 2.24. The molecule has 2 saturated heterocycles. The van der Waals surface area contributed by atoms with Gasteiger partial charge in [0.15, 0.2) is 0 Å². The number of morpholine rings is 1. The van der Waals surface area contributed by atoms with Crippen LogP contribution < -0.4 is 5.32 Å². The second-order valence-electron chi connectivity index (χ2n) is 9.01. The number of hydrogen-bond acceptors (Lipinski definition) is 7. The molecule has 9 nitrogen and oxygen atoms in total. The van der Waals surface area contributed by atoms with Gasteiger partial charge in [0.25, 0.3) is 5.91 Å². The minimum atomic E-state index is -0.318. The summed E-state index contributed by atoms with van der Waals surface area (Å²) < 4.78 is 23.8. The molecular weight excluding hydrogens is 465 g/mol. The van der Waals surface area contributed by atoms with Crippen LogP contribution in [0.5, 0.6) is 0 Å². The monoisotopic (exact) mass is 493 g/mol. The molecule has 0 atom stereocenters. The van der Waals surface area contributed by atoms with Gasteiger partial charge < -0.3 is 19.5 Å². The van der Waals surface area contributed by atoms with Crippen molar-refractivity contribution in [2.45, 2.75) is 19.4 Å². The highest BCUT2D eigenvalue weighted by Gasteiger charge is 2.28. The van der Waals surface area contributed by atoms with Crippen LogP contribution in [0.15, 0.2) is 53.1 Å². The fourth-order valence-corrected chi connectivity index (χ4v) is 4.53. The minimum Gasteiger partial charge on any atom is -0.378 e. The molecule has 2 aliphatic heterocycles. The second-order valence-corrected chi connectivity index (χ2v) is 9.01. The topological polar surface area (TPSA) is 101 Å². The molecule has 2 aromatic carbocycles. The lowest BCUT2D eigenvalue weighted by atomic mass is 9.95. The number of anilines is 1. The van der Waals surface area contributed by atoms with Gasteiger partial charge in [-0.2, -0.15) is 4.98 Å². The largest absolute Gasteiger partial charge is 0.378 e. The second kappa shape index (κ2) is 11.0. The van der Waals surface area contributed by atoms with E-state index in [-0.39, 0.29) is 23.5 Å². The van der Waals surface area contributed by atoms with Gasteiger partial charge in [-0.25, -0.2) is 4.39 Å². The Bertz CT molecular complexity index is 1200. The summed E-state index contributed by atoms with van der Waals surface area (Å²) in [5.74, 6) is 0.265. The van der Waals surface area contributed by atoms with E-state index in [1.807, 2.05) is 6.07 Å². The van der Waals surface area contributed by atoms with Crippen molar-refractivity contribution in [3.05, 3.63) is 65.8 Å². The number of rotatable bonds is 6. The number of nitrogens with one attached hydrogen (secondary N) is 1. The van der Waals surface area contributed by atoms with Crippen molar-refractivity contribution in [1.82, 2.24) is 19.9 Å². The van der Waals surface area contributed by atoms with Gasteiger partial charge in [0, 0.05) is 24.6 Å². The Morgan fingerprint density at radius 1 is 1.00 bits per heavy atom. The lowest BCUT2D eigenvalue weighted by molar-refractivity contribution is -0.121. The average Bonchev–Trinajstić information content (AvgIpc) is 3.38. The predicted octanol–water partition coefficient (Wildman–Crippen LogP) is 3.20. The van der Waals surface area contributed by atoms with Crippen molar-refractivity contribution in [2.75, 3.05) is 44.7 Å². The fraction of sp³-hybridized carbons (Fsp3) is 0.385. The number of halogens is 1. The summed E-state index contributed by atoms with van der Waals surface area (Å²) in [6.45, 7) is 4.04. The molecule has 0 unspecified atom stereocenters. The van der Waals surface area contributed by atoms with Gasteiger partial charge in [-0.3, -0.25) is 14.5 Å². The Kier molecular flexibility index (Phi) is 7.33. The molecule has 0 aliphatic carbocycles. The molecule has 1 N–H and O–H groups in total. The van der Waals surface area contributed by atoms with Crippen LogP contribution in [-0.4, -0.2) is 71.1 Å². The Hall–Kier alpha value is -3.63. The molecular formula is C26H28FN5O4. The van der Waals surface area contributed by atoms with Gasteiger partial charge in [-0.05, 0) is 62.3 Å². The van der Waals surface area contributed by atoms with Crippen LogP contribution in [0.25, 0.3) is 11.4 Å². The van der Waals surface area contributed by atoms with E-state index in [0.29, 0.717) is 87.3 Å².